The molecule has 2 fully saturated rings. The van der Waals surface area contributed by atoms with Crippen LogP contribution >= 0.6 is 23.2 Å². The van der Waals surface area contributed by atoms with Gasteiger partial charge >= 0.3 is 5.97 Å². The second-order valence-corrected chi connectivity index (χ2v) is 7.60. The van der Waals surface area contributed by atoms with Crippen LogP contribution in [0.1, 0.15) is 5.56 Å². The van der Waals surface area contributed by atoms with E-state index in [4.69, 9.17) is 27.9 Å². The fourth-order valence-electron chi connectivity index (χ4n) is 3.89. The van der Waals surface area contributed by atoms with Crippen LogP contribution < -0.4 is 0 Å². The van der Waals surface area contributed by atoms with Crippen molar-refractivity contribution < 1.29 is 19.4 Å². The first-order chi connectivity index (χ1) is 11.9. The predicted molar refractivity (Wildman–Crippen MR) is 93.8 cm³/mol. The SMILES string of the molecule is COCC(=O)N1C[C@@H]2CN(Cc3ccc(Cl)c(Cl)c3)C[C@]2(C(=O)O)C1. The fourth-order valence-corrected chi connectivity index (χ4v) is 4.21. The van der Waals surface area contributed by atoms with E-state index in [-0.39, 0.29) is 25.0 Å². The molecule has 0 aliphatic carbocycles. The van der Waals surface area contributed by atoms with Gasteiger partial charge in [0, 0.05) is 45.8 Å². The maximum atomic E-state index is 12.1. The van der Waals surface area contributed by atoms with Gasteiger partial charge in [-0.15, -0.1) is 0 Å². The molecule has 0 saturated carbocycles. The lowest BCUT2D eigenvalue weighted by Gasteiger charge is -2.25. The highest BCUT2D eigenvalue weighted by molar-refractivity contribution is 6.42. The smallest absolute Gasteiger partial charge is 0.313 e. The molecule has 136 valence electrons. The van der Waals surface area contributed by atoms with Gasteiger partial charge < -0.3 is 14.7 Å². The summed E-state index contributed by atoms with van der Waals surface area (Å²) in [6, 6.07) is 5.44. The molecule has 2 aliphatic rings. The summed E-state index contributed by atoms with van der Waals surface area (Å²) in [5.74, 6) is -1.09. The number of halogens is 2. The molecule has 0 aromatic heterocycles. The number of hydrogen-bond donors (Lipinski definition) is 1. The molecule has 2 atom stereocenters. The number of carboxylic acid groups (broad SMARTS) is 1. The van der Waals surface area contributed by atoms with Crippen molar-refractivity contribution in [1.82, 2.24) is 9.80 Å². The second kappa shape index (κ2) is 7.11. The van der Waals surface area contributed by atoms with Crippen LogP contribution in [0.25, 0.3) is 0 Å². The summed E-state index contributed by atoms with van der Waals surface area (Å²) >= 11 is 12.0. The minimum absolute atomic E-state index is 0.0184. The van der Waals surface area contributed by atoms with Gasteiger partial charge in [0.2, 0.25) is 5.91 Å². The van der Waals surface area contributed by atoms with E-state index in [9.17, 15) is 14.7 Å². The lowest BCUT2D eigenvalue weighted by molar-refractivity contribution is -0.149. The van der Waals surface area contributed by atoms with Gasteiger partial charge in [-0.05, 0) is 17.7 Å². The number of likely N-dealkylation sites (tertiary alicyclic amines) is 2. The van der Waals surface area contributed by atoms with E-state index in [2.05, 4.69) is 4.90 Å². The maximum Gasteiger partial charge on any atom is 0.313 e. The third-order valence-corrected chi connectivity index (χ3v) is 5.86. The summed E-state index contributed by atoms with van der Waals surface area (Å²) in [6.07, 6.45) is 0. The third-order valence-electron chi connectivity index (χ3n) is 5.12. The van der Waals surface area contributed by atoms with Gasteiger partial charge in [0.05, 0.1) is 10.0 Å². The Morgan fingerprint density at radius 2 is 2.04 bits per heavy atom. The Labute approximate surface area is 156 Å². The second-order valence-electron chi connectivity index (χ2n) is 6.78. The highest BCUT2D eigenvalue weighted by atomic mass is 35.5. The van der Waals surface area contributed by atoms with Crippen LogP contribution in [-0.2, 0) is 20.9 Å². The highest BCUT2D eigenvalue weighted by Gasteiger charge is 2.58. The number of aliphatic carboxylic acids is 1. The van der Waals surface area contributed by atoms with Crippen molar-refractivity contribution in [3.8, 4) is 0 Å². The molecule has 3 rings (SSSR count). The number of hydrogen-bond acceptors (Lipinski definition) is 4. The number of ether oxygens (including phenoxy) is 1. The zero-order chi connectivity index (χ0) is 18.2. The zero-order valence-electron chi connectivity index (χ0n) is 13.9. The monoisotopic (exact) mass is 386 g/mol. The van der Waals surface area contributed by atoms with Crippen LogP contribution in [0.15, 0.2) is 18.2 Å². The Kier molecular flexibility index (Phi) is 5.25. The van der Waals surface area contributed by atoms with E-state index in [1.165, 1.54) is 7.11 Å². The zero-order valence-corrected chi connectivity index (χ0v) is 15.4. The van der Waals surface area contributed by atoms with E-state index in [1.54, 1.807) is 17.0 Å². The van der Waals surface area contributed by atoms with Gasteiger partial charge in [-0.3, -0.25) is 14.5 Å². The predicted octanol–water partition coefficient (Wildman–Crippen LogP) is 1.98. The number of rotatable bonds is 5. The van der Waals surface area contributed by atoms with E-state index < -0.39 is 11.4 Å². The summed E-state index contributed by atoms with van der Waals surface area (Å²) in [5, 5.41) is 10.8. The number of nitrogens with zero attached hydrogens (tertiary/aromatic N) is 2. The average molecular weight is 387 g/mol. The number of amides is 1. The van der Waals surface area contributed by atoms with Crippen molar-refractivity contribution >= 4 is 35.1 Å². The molecule has 2 aliphatic heterocycles. The summed E-state index contributed by atoms with van der Waals surface area (Å²) < 4.78 is 4.88. The summed E-state index contributed by atoms with van der Waals surface area (Å²) in [6.45, 7) is 2.30. The average Bonchev–Trinajstić information content (AvgIpc) is 3.06. The largest absolute Gasteiger partial charge is 0.481 e. The van der Waals surface area contributed by atoms with Crippen LogP contribution in [0.4, 0.5) is 0 Å². The van der Waals surface area contributed by atoms with Crippen molar-refractivity contribution in [2.45, 2.75) is 6.54 Å². The quantitative estimate of drug-likeness (QED) is 0.837. The Balaban J connectivity index is 1.72. The first-order valence-electron chi connectivity index (χ1n) is 8.02. The van der Waals surface area contributed by atoms with Crippen LogP contribution in [0, 0.1) is 11.3 Å². The first-order valence-corrected chi connectivity index (χ1v) is 8.77. The van der Waals surface area contributed by atoms with Crippen molar-refractivity contribution in [2.75, 3.05) is 39.9 Å². The van der Waals surface area contributed by atoms with E-state index in [0.29, 0.717) is 36.2 Å². The minimum Gasteiger partial charge on any atom is -0.481 e. The topological polar surface area (TPSA) is 70.1 Å². The normalized spacial score (nSPS) is 26.0. The molecule has 0 unspecified atom stereocenters. The van der Waals surface area contributed by atoms with Gasteiger partial charge in [0.25, 0.3) is 0 Å². The molecule has 6 nitrogen and oxygen atoms in total. The fraction of sp³-hybridized carbons (Fsp3) is 0.529. The molecular weight excluding hydrogens is 367 g/mol. The molecule has 1 amide bonds. The van der Waals surface area contributed by atoms with E-state index in [0.717, 1.165) is 5.56 Å². The Morgan fingerprint density at radius 1 is 1.28 bits per heavy atom. The molecular formula is C17H20Cl2N2O4. The summed E-state index contributed by atoms with van der Waals surface area (Å²) in [7, 11) is 1.46. The van der Waals surface area contributed by atoms with Gasteiger partial charge in [0.1, 0.15) is 12.0 Å². The lowest BCUT2D eigenvalue weighted by Crippen LogP contribution is -2.42. The standard InChI is InChI=1S/C17H20Cl2N2O4/c1-25-8-15(22)21-7-12-6-20(9-17(12,10-21)16(23)24)5-11-2-3-13(18)14(19)4-11/h2-4,12H,5-10H2,1H3,(H,23,24)/t12-,17-/m0/s1. The third kappa shape index (κ3) is 3.49. The van der Waals surface area contributed by atoms with Crippen LogP contribution in [0.3, 0.4) is 0 Å². The number of carbonyl (C=O) groups excluding carboxylic acids is 1. The molecule has 8 heteroatoms. The van der Waals surface area contributed by atoms with Crippen molar-refractivity contribution in [3.63, 3.8) is 0 Å². The molecule has 2 saturated heterocycles. The molecule has 1 N–H and O–H groups in total. The van der Waals surface area contributed by atoms with Crippen LogP contribution in [0.2, 0.25) is 10.0 Å². The van der Waals surface area contributed by atoms with Crippen molar-refractivity contribution in [2.24, 2.45) is 11.3 Å². The molecule has 0 bridgehead atoms. The molecule has 0 radical (unpaired) electrons. The Bertz CT molecular complexity index is 699. The minimum atomic E-state index is -0.917. The highest BCUT2D eigenvalue weighted by Crippen LogP contribution is 2.43. The molecule has 2 heterocycles. The van der Waals surface area contributed by atoms with E-state index in [1.807, 2.05) is 6.07 Å². The molecule has 1 aromatic rings. The van der Waals surface area contributed by atoms with Gasteiger partial charge in [-0.1, -0.05) is 29.3 Å². The summed E-state index contributed by atoms with van der Waals surface area (Å²) in [4.78, 5) is 27.8. The number of methoxy groups -OCH3 is 1. The van der Waals surface area contributed by atoms with Crippen LogP contribution in [0.5, 0.6) is 0 Å². The van der Waals surface area contributed by atoms with Crippen molar-refractivity contribution in [1.29, 1.82) is 0 Å². The van der Waals surface area contributed by atoms with Crippen molar-refractivity contribution in [3.05, 3.63) is 33.8 Å². The Morgan fingerprint density at radius 3 is 2.64 bits per heavy atom. The molecule has 1 aromatic carbocycles. The number of carbonyl (C=O) groups is 2. The first kappa shape index (κ1) is 18.5. The van der Waals surface area contributed by atoms with E-state index >= 15 is 0 Å². The maximum absolute atomic E-state index is 12.1. The van der Waals surface area contributed by atoms with Crippen LogP contribution in [-0.4, -0.2) is 66.7 Å². The molecule has 25 heavy (non-hydrogen) atoms. The van der Waals surface area contributed by atoms with Gasteiger partial charge in [-0.2, -0.15) is 0 Å². The molecule has 0 spiro atoms. The number of fused-ring (bicyclic) bond motifs is 1. The lowest BCUT2D eigenvalue weighted by atomic mass is 9.81. The Hall–Kier alpha value is -1.34. The number of carboxylic acids is 1. The van der Waals surface area contributed by atoms with Gasteiger partial charge in [0.15, 0.2) is 0 Å². The summed E-state index contributed by atoms with van der Waals surface area (Å²) in [5.41, 5.74) is 0.0711. The van der Waals surface area contributed by atoms with Gasteiger partial charge in [-0.25, -0.2) is 0 Å². The number of benzene rings is 1.